The third kappa shape index (κ3) is 2.18. The second kappa shape index (κ2) is 4.94. The Bertz CT molecular complexity index is 507. The zero-order valence-electron chi connectivity index (χ0n) is 10.8. The van der Waals surface area contributed by atoms with Crippen molar-refractivity contribution in [1.29, 1.82) is 0 Å². The highest BCUT2D eigenvalue weighted by atomic mass is 15.3. The van der Waals surface area contributed by atoms with Crippen molar-refractivity contribution in [3.63, 3.8) is 0 Å². The highest BCUT2D eigenvalue weighted by Gasteiger charge is 2.14. The fraction of sp³-hybridized carbons (Fsp3) is 0.400. The van der Waals surface area contributed by atoms with Crippen LogP contribution in [0.4, 0.5) is 0 Å². The van der Waals surface area contributed by atoms with Gasteiger partial charge in [-0.05, 0) is 62.5 Å². The SMILES string of the molecule is Cc1ccnn1-c1ccc(C2CCNCC2)cc1. The third-order valence-corrected chi connectivity index (χ3v) is 3.78. The number of piperidine rings is 1. The Kier molecular flexibility index (Phi) is 3.15. The lowest BCUT2D eigenvalue weighted by Gasteiger charge is -2.23. The number of benzene rings is 1. The van der Waals surface area contributed by atoms with E-state index in [0.29, 0.717) is 0 Å². The molecule has 1 aliphatic rings. The van der Waals surface area contributed by atoms with E-state index in [1.807, 2.05) is 16.9 Å². The van der Waals surface area contributed by atoms with Crippen LogP contribution >= 0.6 is 0 Å². The molecule has 0 spiro atoms. The number of aryl methyl sites for hydroxylation is 1. The van der Waals surface area contributed by atoms with Crippen LogP contribution in [0.2, 0.25) is 0 Å². The number of nitrogens with one attached hydrogen (secondary N) is 1. The Morgan fingerprint density at radius 1 is 1.11 bits per heavy atom. The molecule has 1 saturated heterocycles. The number of rotatable bonds is 2. The summed E-state index contributed by atoms with van der Waals surface area (Å²) in [5.41, 5.74) is 3.78. The van der Waals surface area contributed by atoms with E-state index < -0.39 is 0 Å². The van der Waals surface area contributed by atoms with Crippen molar-refractivity contribution in [2.24, 2.45) is 0 Å². The van der Waals surface area contributed by atoms with Gasteiger partial charge in [-0.3, -0.25) is 0 Å². The summed E-state index contributed by atoms with van der Waals surface area (Å²) in [5, 5.41) is 7.75. The fourth-order valence-electron chi connectivity index (χ4n) is 2.68. The molecule has 2 aromatic rings. The van der Waals surface area contributed by atoms with E-state index in [1.165, 1.54) is 24.1 Å². The Balaban J connectivity index is 1.82. The van der Waals surface area contributed by atoms with E-state index in [9.17, 15) is 0 Å². The van der Waals surface area contributed by atoms with Gasteiger partial charge in [-0.2, -0.15) is 5.10 Å². The van der Waals surface area contributed by atoms with Crippen LogP contribution in [0, 0.1) is 6.92 Å². The Labute approximate surface area is 108 Å². The van der Waals surface area contributed by atoms with Crippen molar-refractivity contribution < 1.29 is 0 Å². The summed E-state index contributed by atoms with van der Waals surface area (Å²) in [6.07, 6.45) is 4.34. The first kappa shape index (κ1) is 11.5. The molecule has 0 unspecified atom stereocenters. The molecule has 18 heavy (non-hydrogen) atoms. The first-order valence-electron chi connectivity index (χ1n) is 6.66. The molecule has 3 nitrogen and oxygen atoms in total. The molecule has 2 heterocycles. The molecule has 0 amide bonds. The molecule has 0 atom stereocenters. The zero-order valence-corrected chi connectivity index (χ0v) is 10.8. The van der Waals surface area contributed by atoms with Gasteiger partial charge in [0.1, 0.15) is 0 Å². The first-order chi connectivity index (χ1) is 8.84. The van der Waals surface area contributed by atoms with Gasteiger partial charge in [0.05, 0.1) is 5.69 Å². The Morgan fingerprint density at radius 3 is 2.44 bits per heavy atom. The molecule has 0 radical (unpaired) electrons. The van der Waals surface area contributed by atoms with Gasteiger partial charge in [0.15, 0.2) is 0 Å². The summed E-state index contributed by atoms with van der Waals surface area (Å²) >= 11 is 0. The summed E-state index contributed by atoms with van der Waals surface area (Å²) in [4.78, 5) is 0. The smallest absolute Gasteiger partial charge is 0.0648 e. The Morgan fingerprint density at radius 2 is 1.83 bits per heavy atom. The molecule has 0 bridgehead atoms. The molecule has 1 fully saturated rings. The molecule has 1 N–H and O–H groups in total. The summed E-state index contributed by atoms with van der Waals surface area (Å²) < 4.78 is 1.98. The van der Waals surface area contributed by atoms with Gasteiger partial charge in [-0.25, -0.2) is 4.68 Å². The van der Waals surface area contributed by atoms with Crippen molar-refractivity contribution in [3.8, 4) is 5.69 Å². The van der Waals surface area contributed by atoms with Crippen LogP contribution in [-0.2, 0) is 0 Å². The van der Waals surface area contributed by atoms with Gasteiger partial charge in [0, 0.05) is 11.9 Å². The number of hydrogen-bond acceptors (Lipinski definition) is 2. The second-order valence-corrected chi connectivity index (χ2v) is 5.00. The van der Waals surface area contributed by atoms with Crippen LogP contribution < -0.4 is 5.32 Å². The average Bonchev–Trinajstić information content (AvgIpc) is 2.86. The van der Waals surface area contributed by atoms with E-state index in [4.69, 9.17) is 0 Å². The van der Waals surface area contributed by atoms with Crippen LogP contribution in [0.15, 0.2) is 36.5 Å². The molecule has 0 aliphatic carbocycles. The quantitative estimate of drug-likeness (QED) is 0.876. The van der Waals surface area contributed by atoms with Crippen molar-refractivity contribution in [3.05, 3.63) is 47.8 Å². The molecule has 3 heteroatoms. The monoisotopic (exact) mass is 241 g/mol. The van der Waals surface area contributed by atoms with Crippen molar-refractivity contribution in [2.45, 2.75) is 25.7 Å². The third-order valence-electron chi connectivity index (χ3n) is 3.78. The van der Waals surface area contributed by atoms with Gasteiger partial charge >= 0.3 is 0 Å². The number of aromatic nitrogens is 2. The molecule has 1 aliphatic heterocycles. The van der Waals surface area contributed by atoms with Gasteiger partial charge < -0.3 is 5.32 Å². The van der Waals surface area contributed by atoms with E-state index in [-0.39, 0.29) is 0 Å². The maximum Gasteiger partial charge on any atom is 0.0648 e. The minimum atomic E-state index is 0.721. The second-order valence-electron chi connectivity index (χ2n) is 5.00. The van der Waals surface area contributed by atoms with Crippen LogP contribution in [0.5, 0.6) is 0 Å². The highest BCUT2D eigenvalue weighted by molar-refractivity contribution is 5.36. The van der Waals surface area contributed by atoms with Crippen molar-refractivity contribution in [1.82, 2.24) is 15.1 Å². The van der Waals surface area contributed by atoms with E-state index >= 15 is 0 Å². The van der Waals surface area contributed by atoms with Crippen molar-refractivity contribution >= 4 is 0 Å². The maximum atomic E-state index is 4.33. The van der Waals surface area contributed by atoms with Gasteiger partial charge in [0.25, 0.3) is 0 Å². The molecule has 1 aromatic heterocycles. The topological polar surface area (TPSA) is 29.9 Å². The summed E-state index contributed by atoms with van der Waals surface area (Å²) in [7, 11) is 0. The fourth-order valence-corrected chi connectivity index (χ4v) is 2.68. The molecule has 1 aromatic carbocycles. The standard InChI is InChI=1S/C15H19N3/c1-12-6-11-17-18(12)15-4-2-13(3-5-15)14-7-9-16-10-8-14/h2-6,11,14,16H,7-10H2,1H3. The summed E-state index contributed by atoms with van der Waals surface area (Å²) in [6, 6.07) is 10.9. The largest absolute Gasteiger partial charge is 0.317 e. The lowest BCUT2D eigenvalue weighted by Crippen LogP contribution is -2.26. The maximum absolute atomic E-state index is 4.33. The molecule has 94 valence electrons. The lowest BCUT2D eigenvalue weighted by molar-refractivity contribution is 0.460. The van der Waals surface area contributed by atoms with Crippen LogP contribution in [-0.4, -0.2) is 22.9 Å². The van der Waals surface area contributed by atoms with E-state index in [1.54, 1.807) is 0 Å². The van der Waals surface area contributed by atoms with Crippen molar-refractivity contribution in [2.75, 3.05) is 13.1 Å². The Hall–Kier alpha value is -1.61. The highest BCUT2D eigenvalue weighted by Crippen LogP contribution is 2.25. The predicted octanol–water partition coefficient (Wildman–Crippen LogP) is 2.65. The zero-order chi connectivity index (χ0) is 12.4. The number of nitrogens with zero attached hydrogens (tertiary/aromatic N) is 2. The minimum absolute atomic E-state index is 0.721. The van der Waals surface area contributed by atoms with Crippen LogP contribution in [0.25, 0.3) is 5.69 Å². The average molecular weight is 241 g/mol. The molecular weight excluding hydrogens is 222 g/mol. The van der Waals surface area contributed by atoms with E-state index in [0.717, 1.165) is 24.7 Å². The summed E-state index contributed by atoms with van der Waals surface area (Å²) in [5.74, 6) is 0.721. The summed E-state index contributed by atoms with van der Waals surface area (Å²) in [6.45, 7) is 4.36. The predicted molar refractivity (Wildman–Crippen MR) is 73.1 cm³/mol. The number of hydrogen-bond donors (Lipinski definition) is 1. The molecular formula is C15H19N3. The van der Waals surface area contributed by atoms with Gasteiger partial charge in [0.2, 0.25) is 0 Å². The van der Waals surface area contributed by atoms with Crippen LogP contribution in [0.3, 0.4) is 0 Å². The molecule has 3 rings (SSSR count). The van der Waals surface area contributed by atoms with Gasteiger partial charge in [-0.1, -0.05) is 12.1 Å². The normalized spacial score (nSPS) is 16.9. The van der Waals surface area contributed by atoms with Gasteiger partial charge in [-0.15, -0.1) is 0 Å². The minimum Gasteiger partial charge on any atom is -0.317 e. The van der Waals surface area contributed by atoms with Crippen LogP contribution in [0.1, 0.15) is 30.0 Å². The first-order valence-corrected chi connectivity index (χ1v) is 6.66. The van der Waals surface area contributed by atoms with E-state index in [2.05, 4.69) is 41.6 Å². The molecule has 0 saturated carbocycles. The lowest BCUT2D eigenvalue weighted by atomic mass is 9.90.